The number of hydrogen-bond acceptors (Lipinski definition) is 2. The molecule has 0 fully saturated rings. The Bertz CT molecular complexity index is 642. The summed E-state index contributed by atoms with van der Waals surface area (Å²) in [5, 5.41) is 1.31. The van der Waals surface area contributed by atoms with Gasteiger partial charge in [-0.05, 0) is 17.7 Å². The van der Waals surface area contributed by atoms with Gasteiger partial charge in [0.05, 0.1) is 6.61 Å². The Kier molecular flexibility index (Phi) is 3.90. The van der Waals surface area contributed by atoms with E-state index in [0.29, 0.717) is 5.39 Å². The molecular weight excluding hydrogens is 250 g/mol. The fourth-order valence-electron chi connectivity index (χ4n) is 1.82. The lowest BCUT2D eigenvalue weighted by molar-refractivity contribution is -0.140. The van der Waals surface area contributed by atoms with Crippen LogP contribution in [0.5, 0.6) is 0 Å². The van der Waals surface area contributed by atoms with E-state index >= 15 is 0 Å². The third-order valence-electron chi connectivity index (χ3n) is 2.67. The lowest BCUT2D eigenvalue weighted by atomic mass is 10.0. The van der Waals surface area contributed by atoms with Gasteiger partial charge in [0.1, 0.15) is 0 Å². The molecule has 0 aliphatic rings. The zero-order valence-corrected chi connectivity index (χ0v) is 10.3. The van der Waals surface area contributed by atoms with Gasteiger partial charge in [-0.15, -0.1) is 0 Å². The highest BCUT2D eigenvalue weighted by molar-refractivity contribution is 5.99. The van der Waals surface area contributed by atoms with Crippen LogP contribution in [-0.2, 0) is 9.53 Å². The maximum absolute atomic E-state index is 14.0. The number of halogens is 2. The molecule has 19 heavy (non-hydrogen) atoms. The summed E-state index contributed by atoms with van der Waals surface area (Å²) in [6.45, 7) is 1.52. The fourth-order valence-corrected chi connectivity index (χ4v) is 1.82. The standard InChI is InChI=1S/C15H12F2O2/c1-2-19-15(18)14(17)13(16)12-9-5-7-10-6-3-4-8-11(10)12/h3-9H,2H2,1H3/b14-13+. The van der Waals surface area contributed by atoms with E-state index < -0.39 is 17.6 Å². The first-order valence-electron chi connectivity index (χ1n) is 5.85. The quantitative estimate of drug-likeness (QED) is 0.617. The molecule has 0 aliphatic carbocycles. The second kappa shape index (κ2) is 5.61. The molecule has 2 aromatic carbocycles. The van der Waals surface area contributed by atoms with Crippen molar-refractivity contribution in [1.29, 1.82) is 0 Å². The van der Waals surface area contributed by atoms with E-state index in [1.54, 1.807) is 36.4 Å². The zero-order chi connectivity index (χ0) is 13.8. The molecule has 0 saturated heterocycles. The number of carbonyl (C=O) groups excluding carboxylic acids is 1. The predicted octanol–water partition coefficient (Wildman–Crippen LogP) is 4.01. The Morgan fingerprint density at radius 3 is 2.53 bits per heavy atom. The summed E-state index contributed by atoms with van der Waals surface area (Å²) in [5.41, 5.74) is 0.0450. The topological polar surface area (TPSA) is 26.3 Å². The van der Waals surface area contributed by atoms with Gasteiger partial charge >= 0.3 is 5.97 Å². The Balaban J connectivity index is 2.55. The van der Waals surface area contributed by atoms with Crippen LogP contribution in [0.3, 0.4) is 0 Å². The van der Waals surface area contributed by atoms with E-state index in [1.165, 1.54) is 13.0 Å². The third kappa shape index (κ3) is 2.62. The van der Waals surface area contributed by atoms with E-state index in [1.807, 2.05) is 0 Å². The van der Waals surface area contributed by atoms with Gasteiger partial charge in [0, 0.05) is 5.56 Å². The number of ether oxygens (including phenoxy) is 1. The van der Waals surface area contributed by atoms with Crippen molar-refractivity contribution in [3.8, 4) is 0 Å². The molecule has 0 spiro atoms. The minimum atomic E-state index is -1.50. The van der Waals surface area contributed by atoms with Crippen LogP contribution in [0.2, 0.25) is 0 Å². The predicted molar refractivity (Wildman–Crippen MR) is 69.7 cm³/mol. The SMILES string of the molecule is CCOC(=O)/C(F)=C(\F)c1cccc2ccccc12. The molecule has 4 heteroatoms. The second-order valence-corrected chi connectivity index (χ2v) is 3.88. The van der Waals surface area contributed by atoms with Gasteiger partial charge in [-0.3, -0.25) is 0 Å². The summed E-state index contributed by atoms with van der Waals surface area (Å²) in [7, 11) is 0. The number of fused-ring (bicyclic) bond motifs is 1. The molecule has 0 aromatic heterocycles. The van der Waals surface area contributed by atoms with E-state index in [9.17, 15) is 13.6 Å². The van der Waals surface area contributed by atoms with Crippen molar-refractivity contribution in [2.45, 2.75) is 6.92 Å². The highest BCUT2D eigenvalue weighted by atomic mass is 19.2. The summed E-state index contributed by atoms with van der Waals surface area (Å²) < 4.78 is 32.1. The molecule has 2 nitrogen and oxygen atoms in total. The first kappa shape index (κ1) is 13.2. The Labute approximate surface area is 109 Å². The van der Waals surface area contributed by atoms with Crippen LogP contribution in [0.1, 0.15) is 12.5 Å². The van der Waals surface area contributed by atoms with Crippen molar-refractivity contribution in [2.24, 2.45) is 0 Å². The van der Waals surface area contributed by atoms with Crippen LogP contribution in [0.25, 0.3) is 16.6 Å². The van der Waals surface area contributed by atoms with Crippen LogP contribution in [0.15, 0.2) is 48.3 Å². The summed E-state index contributed by atoms with van der Waals surface area (Å²) >= 11 is 0. The highest BCUT2D eigenvalue weighted by Gasteiger charge is 2.19. The molecule has 0 amide bonds. The van der Waals surface area contributed by atoms with E-state index in [2.05, 4.69) is 4.74 Å². The normalized spacial score (nSPS) is 12.2. The molecule has 0 saturated carbocycles. The van der Waals surface area contributed by atoms with Crippen LogP contribution in [0, 0.1) is 0 Å². The van der Waals surface area contributed by atoms with Crippen molar-refractivity contribution in [3.63, 3.8) is 0 Å². The van der Waals surface area contributed by atoms with Gasteiger partial charge in [0.15, 0.2) is 5.83 Å². The zero-order valence-electron chi connectivity index (χ0n) is 10.3. The van der Waals surface area contributed by atoms with Crippen LogP contribution in [0.4, 0.5) is 8.78 Å². The Morgan fingerprint density at radius 1 is 1.11 bits per heavy atom. The molecule has 98 valence electrons. The first-order valence-corrected chi connectivity index (χ1v) is 5.85. The Morgan fingerprint density at radius 2 is 1.79 bits per heavy atom. The van der Waals surface area contributed by atoms with Gasteiger partial charge < -0.3 is 4.74 Å². The molecular formula is C15H12F2O2. The van der Waals surface area contributed by atoms with Gasteiger partial charge in [-0.1, -0.05) is 42.5 Å². The van der Waals surface area contributed by atoms with Crippen molar-refractivity contribution < 1.29 is 18.3 Å². The highest BCUT2D eigenvalue weighted by Crippen LogP contribution is 2.29. The monoisotopic (exact) mass is 262 g/mol. The summed E-state index contributed by atoms with van der Waals surface area (Å²) in [4.78, 5) is 11.2. The van der Waals surface area contributed by atoms with E-state index in [0.717, 1.165) is 5.39 Å². The number of carbonyl (C=O) groups is 1. The van der Waals surface area contributed by atoms with Crippen molar-refractivity contribution in [2.75, 3.05) is 6.61 Å². The number of rotatable bonds is 3. The molecule has 0 unspecified atom stereocenters. The molecule has 2 aromatic rings. The van der Waals surface area contributed by atoms with Crippen molar-refractivity contribution in [1.82, 2.24) is 0 Å². The van der Waals surface area contributed by atoms with Crippen LogP contribution in [-0.4, -0.2) is 12.6 Å². The Hall–Kier alpha value is -2.23. The lowest BCUT2D eigenvalue weighted by Crippen LogP contribution is -2.05. The molecule has 0 atom stereocenters. The smallest absolute Gasteiger partial charge is 0.370 e. The minimum absolute atomic E-state index is 0.00489. The second-order valence-electron chi connectivity index (χ2n) is 3.88. The summed E-state index contributed by atoms with van der Waals surface area (Å²) in [6, 6.07) is 11.8. The lowest BCUT2D eigenvalue weighted by Gasteiger charge is -2.05. The third-order valence-corrected chi connectivity index (χ3v) is 2.67. The van der Waals surface area contributed by atoms with E-state index in [-0.39, 0.29) is 12.2 Å². The molecule has 0 heterocycles. The minimum Gasteiger partial charge on any atom is -0.461 e. The van der Waals surface area contributed by atoms with Gasteiger partial charge in [0.25, 0.3) is 0 Å². The number of benzene rings is 2. The fraction of sp³-hybridized carbons (Fsp3) is 0.133. The average Bonchev–Trinajstić information content (AvgIpc) is 2.45. The number of hydrogen-bond donors (Lipinski definition) is 0. The first-order chi connectivity index (χ1) is 9.15. The van der Waals surface area contributed by atoms with Gasteiger partial charge in [0.2, 0.25) is 5.83 Å². The maximum atomic E-state index is 14.0. The molecule has 0 radical (unpaired) electrons. The summed E-state index contributed by atoms with van der Waals surface area (Å²) in [5.74, 6) is -3.98. The molecule has 0 aliphatic heterocycles. The van der Waals surface area contributed by atoms with Crippen LogP contribution < -0.4 is 0 Å². The van der Waals surface area contributed by atoms with Gasteiger partial charge in [-0.25, -0.2) is 9.18 Å². The van der Waals surface area contributed by atoms with Crippen molar-refractivity contribution in [3.05, 3.63) is 53.9 Å². The molecule has 2 rings (SSSR count). The molecule has 0 bridgehead atoms. The van der Waals surface area contributed by atoms with E-state index in [4.69, 9.17) is 0 Å². The average molecular weight is 262 g/mol. The van der Waals surface area contributed by atoms with Crippen molar-refractivity contribution >= 4 is 22.6 Å². The molecule has 0 N–H and O–H groups in total. The largest absolute Gasteiger partial charge is 0.461 e. The van der Waals surface area contributed by atoms with Crippen LogP contribution >= 0.6 is 0 Å². The van der Waals surface area contributed by atoms with Gasteiger partial charge in [-0.2, -0.15) is 4.39 Å². The number of esters is 1. The summed E-state index contributed by atoms with van der Waals surface area (Å²) in [6.07, 6.45) is 0. The maximum Gasteiger partial charge on any atom is 0.370 e.